The van der Waals surface area contributed by atoms with E-state index in [-0.39, 0.29) is 0 Å². The van der Waals surface area contributed by atoms with E-state index < -0.39 is 0 Å². The van der Waals surface area contributed by atoms with Gasteiger partial charge in [-0.25, -0.2) is 0 Å². The van der Waals surface area contributed by atoms with Crippen molar-refractivity contribution < 1.29 is 13.9 Å². The normalized spacial score (nSPS) is 10.8. The third-order valence-electron chi connectivity index (χ3n) is 3.49. The van der Waals surface area contributed by atoms with Gasteiger partial charge in [-0.3, -0.25) is 0 Å². The van der Waals surface area contributed by atoms with Crippen molar-refractivity contribution in [2.75, 3.05) is 14.2 Å². The molecule has 0 amide bonds. The minimum absolute atomic E-state index is 0.692. The molecule has 24 heavy (non-hydrogen) atoms. The summed E-state index contributed by atoms with van der Waals surface area (Å²) in [4.78, 5) is 0. The Balaban J connectivity index is 1.79. The molecule has 0 radical (unpaired) electrons. The highest BCUT2D eigenvalue weighted by atomic mass is 79.9. The molecule has 0 unspecified atom stereocenters. The number of rotatable bonds is 6. The van der Waals surface area contributed by atoms with Crippen molar-refractivity contribution in [2.24, 2.45) is 7.05 Å². The van der Waals surface area contributed by atoms with Gasteiger partial charge in [-0.2, -0.15) is 0 Å². The molecule has 0 N–H and O–H groups in total. The molecule has 0 fully saturated rings. The average Bonchev–Trinajstić information content (AvgIpc) is 3.23. The van der Waals surface area contributed by atoms with Crippen LogP contribution in [-0.2, 0) is 12.8 Å². The first-order valence-corrected chi connectivity index (χ1v) is 8.88. The Morgan fingerprint density at radius 1 is 1.21 bits per heavy atom. The SMILES string of the molecule is COc1cc(Br)c(CSc2nnc(-c3ccco3)n2C)cc1OC. The number of benzene rings is 1. The number of aromatic nitrogens is 3. The monoisotopic (exact) mass is 409 g/mol. The zero-order valence-electron chi connectivity index (χ0n) is 13.4. The van der Waals surface area contributed by atoms with Crippen LogP contribution >= 0.6 is 27.7 Å². The molecule has 0 aliphatic carbocycles. The molecular formula is C16H16BrN3O3S. The van der Waals surface area contributed by atoms with Crippen LogP contribution in [0.15, 0.2) is 44.6 Å². The van der Waals surface area contributed by atoms with Crippen molar-refractivity contribution in [3.05, 3.63) is 40.6 Å². The molecule has 0 saturated heterocycles. The highest BCUT2D eigenvalue weighted by Crippen LogP contribution is 2.36. The van der Waals surface area contributed by atoms with E-state index in [1.807, 2.05) is 35.9 Å². The summed E-state index contributed by atoms with van der Waals surface area (Å²) in [5, 5.41) is 9.24. The molecule has 2 heterocycles. The van der Waals surface area contributed by atoms with Gasteiger partial charge in [0, 0.05) is 17.3 Å². The number of furan rings is 1. The lowest BCUT2D eigenvalue weighted by atomic mass is 10.2. The van der Waals surface area contributed by atoms with Crippen LogP contribution in [0.1, 0.15) is 5.56 Å². The summed E-state index contributed by atoms with van der Waals surface area (Å²) in [6.07, 6.45) is 1.62. The second-order valence-corrected chi connectivity index (χ2v) is 6.73. The van der Waals surface area contributed by atoms with E-state index in [2.05, 4.69) is 26.1 Å². The average molecular weight is 410 g/mol. The fourth-order valence-corrected chi connectivity index (χ4v) is 3.76. The fourth-order valence-electron chi connectivity index (χ4n) is 2.21. The summed E-state index contributed by atoms with van der Waals surface area (Å²) < 4.78 is 18.9. The molecular weight excluding hydrogens is 394 g/mol. The zero-order chi connectivity index (χ0) is 17.1. The van der Waals surface area contributed by atoms with Gasteiger partial charge in [-0.1, -0.05) is 27.7 Å². The summed E-state index contributed by atoms with van der Waals surface area (Å²) in [7, 11) is 5.17. The third-order valence-corrected chi connectivity index (χ3v) is 5.29. The lowest BCUT2D eigenvalue weighted by Crippen LogP contribution is -1.96. The maximum atomic E-state index is 5.38. The number of hydrogen-bond acceptors (Lipinski definition) is 6. The largest absolute Gasteiger partial charge is 0.493 e. The Hall–Kier alpha value is -1.93. The predicted octanol–water partition coefficient (Wildman–Crippen LogP) is 4.15. The van der Waals surface area contributed by atoms with Crippen LogP contribution in [-0.4, -0.2) is 29.0 Å². The summed E-state index contributed by atoms with van der Waals surface area (Å²) in [5.41, 5.74) is 1.08. The Labute approximate surface area is 152 Å². The number of nitrogens with zero attached hydrogens (tertiary/aromatic N) is 3. The van der Waals surface area contributed by atoms with E-state index in [1.165, 1.54) is 0 Å². The van der Waals surface area contributed by atoms with Gasteiger partial charge < -0.3 is 18.5 Å². The third kappa shape index (κ3) is 3.29. The van der Waals surface area contributed by atoms with Gasteiger partial charge >= 0.3 is 0 Å². The summed E-state index contributed by atoms with van der Waals surface area (Å²) >= 11 is 5.16. The van der Waals surface area contributed by atoms with Crippen molar-refractivity contribution in [1.29, 1.82) is 0 Å². The zero-order valence-corrected chi connectivity index (χ0v) is 15.8. The lowest BCUT2D eigenvalue weighted by molar-refractivity contribution is 0.354. The number of hydrogen-bond donors (Lipinski definition) is 0. The van der Waals surface area contributed by atoms with Crippen LogP contribution in [0.2, 0.25) is 0 Å². The van der Waals surface area contributed by atoms with E-state index in [0.717, 1.165) is 15.2 Å². The van der Waals surface area contributed by atoms with Crippen molar-refractivity contribution >= 4 is 27.7 Å². The van der Waals surface area contributed by atoms with Crippen LogP contribution in [0.3, 0.4) is 0 Å². The smallest absolute Gasteiger partial charge is 0.200 e. The molecule has 0 spiro atoms. The van der Waals surface area contributed by atoms with E-state index in [0.29, 0.717) is 28.8 Å². The van der Waals surface area contributed by atoms with Crippen LogP contribution in [0, 0.1) is 0 Å². The van der Waals surface area contributed by atoms with Gasteiger partial charge in [-0.05, 0) is 29.8 Å². The summed E-state index contributed by atoms with van der Waals surface area (Å²) in [5.74, 6) is 3.51. The number of halogens is 1. The standard InChI is InChI=1S/C16H16BrN3O3S/c1-20-15(12-5-4-6-23-12)18-19-16(20)24-9-10-7-13(21-2)14(22-3)8-11(10)17/h4-8H,9H2,1-3H3. The minimum Gasteiger partial charge on any atom is -0.493 e. The molecule has 1 aromatic carbocycles. The predicted molar refractivity (Wildman–Crippen MR) is 95.5 cm³/mol. The molecule has 0 bridgehead atoms. The summed E-state index contributed by atoms with van der Waals surface area (Å²) in [6, 6.07) is 7.56. The van der Waals surface area contributed by atoms with Gasteiger partial charge in [0.05, 0.1) is 20.5 Å². The molecule has 3 aromatic rings. The van der Waals surface area contributed by atoms with Crippen molar-refractivity contribution in [3.8, 4) is 23.1 Å². The molecule has 8 heteroatoms. The topological polar surface area (TPSA) is 62.3 Å². The molecule has 2 aromatic heterocycles. The molecule has 0 saturated carbocycles. The number of ether oxygens (including phenoxy) is 2. The Bertz CT molecular complexity index is 833. The van der Waals surface area contributed by atoms with Crippen molar-refractivity contribution in [2.45, 2.75) is 10.9 Å². The lowest BCUT2D eigenvalue weighted by Gasteiger charge is -2.11. The van der Waals surface area contributed by atoms with Gasteiger partial charge in [0.1, 0.15) is 0 Å². The maximum Gasteiger partial charge on any atom is 0.200 e. The van der Waals surface area contributed by atoms with Gasteiger partial charge in [0.25, 0.3) is 0 Å². The van der Waals surface area contributed by atoms with E-state index >= 15 is 0 Å². The van der Waals surface area contributed by atoms with Gasteiger partial charge in [-0.15, -0.1) is 10.2 Å². The van der Waals surface area contributed by atoms with Crippen LogP contribution in [0.25, 0.3) is 11.6 Å². The van der Waals surface area contributed by atoms with Crippen LogP contribution in [0.4, 0.5) is 0 Å². The number of methoxy groups -OCH3 is 2. The molecule has 126 valence electrons. The first-order chi connectivity index (χ1) is 11.6. The van der Waals surface area contributed by atoms with Gasteiger partial charge in [0.15, 0.2) is 28.2 Å². The Kier molecular flexibility index (Phi) is 5.15. The highest BCUT2D eigenvalue weighted by molar-refractivity contribution is 9.10. The molecule has 0 aliphatic heterocycles. The second-order valence-electron chi connectivity index (χ2n) is 4.93. The van der Waals surface area contributed by atoms with E-state index in [4.69, 9.17) is 13.9 Å². The maximum absolute atomic E-state index is 5.38. The van der Waals surface area contributed by atoms with Crippen LogP contribution in [0.5, 0.6) is 11.5 Å². The number of thioether (sulfide) groups is 1. The Morgan fingerprint density at radius 2 is 1.96 bits per heavy atom. The molecule has 0 atom stereocenters. The van der Waals surface area contributed by atoms with Crippen molar-refractivity contribution in [3.63, 3.8) is 0 Å². The molecule has 3 rings (SSSR count). The van der Waals surface area contributed by atoms with Crippen molar-refractivity contribution in [1.82, 2.24) is 14.8 Å². The second kappa shape index (κ2) is 7.31. The Morgan fingerprint density at radius 3 is 2.62 bits per heavy atom. The van der Waals surface area contributed by atoms with Gasteiger partial charge in [0.2, 0.25) is 0 Å². The fraction of sp³-hybridized carbons (Fsp3) is 0.250. The van der Waals surface area contributed by atoms with E-state index in [1.54, 1.807) is 32.2 Å². The first kappa shape index (κ1) is 16.9. The van der Waals surface area contributed by atoms with Crippen LogP contribution < -0.4 is 9.47 Å². The summed E-state index contributed by atoms with van der Waals surface area (Å²) in [6.45, 7) is 0. The molecule has 6 nitrogen and oxygen atoms in total. The molecule has 0 aliphatic rings. The quantitative estimate of drug-likeness (QED) is 0.569. The highest BCUT2D eigenvalue weighted by Gasteiger charge is 2.15. The minimum atomic E-state index is 0.692. The first-order valence-electron chi connectivity index (χ1n) is 7.10. The van der Waals surface area contributed by atoms with E-state index in [9.17, 15) is 0 Å².